The minimum Gasteiger partial charge on any atom is -0.508 e. The number of benzene rings is 1. The highest BCUT2D eigenvalue weighted by Crippen LogP contribution is 2.32. The number of anilines is 2. The first-order valence-electron chi connectivity index (χ1n) is 8.49. The molecule has 2 N–H and O–H groups in total. The molecule has 138 valence electrons. The van der Waals surface area contributed by atoms with Crippen molar-refractivity contribution in [2.45, 2.75) is 6.42 Å². The molecule has 0 amide bonds. The molecule has 1 fully saturated rings. The molecule has 0 bridgehead atoms. The summed E-state index contributed by atoms with van der Waals surface area (Å²) in [7, 11) is 2.03. The first-order chi connectivity index (χ1) is 12.5. The third-order valence-electron chi connectivity index (χ3n) is 4.43. The zero-order valence-electron chi connectivity index (χ0n) is 14.6. The minimum atomic E-state index is -0.420. The fourth-order valence-corrected chi connectivity index (χ4v) is 2.90. The summed E-state index contributed by atoms with van der Waals surface area (Å²) in [6, 6.07) is 6.88. The summed E-state index contributed by atoms with van der Waals surface area (Å²) in [6.07, 6.45) is 2.02. The number of aromatic nitrogens is 2. The normalized spacial score (nSPS) is 15.0. The van der Waals surface area contributed by atoms with Crippen LogP contribution in [0.15, 0.2) is 30.6 Å². The maximum absolute atomic E-state index is 11.6. The standard InChI is InChI=1S/C17H22N6O3/c1-21-8-10-22(11-9-21)17-15(23(25)26)16(19-12-20-17)18-7-6-13-2-4-14(24)5-3-13/h2-5,12,24H,6-11H2,1H3,(H,18,19,20). The van der Waals surface area contributed by atoms with Crippen LogP contribution in [0.4, 0.5) is 17.3 Å². The van der Waals surface area contributed by atoms with Gasteiger partial charge < -0.3 is 20.2 Å². The third-order valence-corrected chi connectivity index (χ3v) is 4.43. The Bertz CT molecular complexity index is 760. The van der Waals surface area contributed by atoms with E-state index >= 15 is 0 Å². The highest BCUT2D eigenvalue weighted by molar-refractivity contribution is 5.70. The van der Waals surface area contributed by atoms with Gasteiger partial charge in [0, 0.05) is 32.7 Å². The summed E-state index contributed by atoms with van der Waals surface area (Å²) < 4.78 is 0. The van der Waals surface area contributed by atoms with Crippen LogP contribution in [0.3, 0.4) is 0 Å². The zero-order valence-corrected chi connectivity index (χ0v) is 14.6. The summed E-state index contributed by atoms with van der Waals surface area (Å²) in [5.41, 5.74) is 0.939. The fraction of sp³-hybridized carbons (Fsp3) is 0.412. The highest BCUT2D eigenvalue weighted by Gasteiger charge is 2.28. The largest absolute Gasteiger partial charge is 0.508 e. The topological polar surface area (TPSA) is 108 Å². The van der Waals surface area contributed by atoms with Crippen molar-refractivity contribution in [3.8, 4) is 5.75 Å². The molecule has 0 atom stereocenters. The number of hydrogen-bond acceptors (Lipinski definition) is 8. The Morgan fingerprint density at radius 3 is 2.54 bits per heavy atom. The lowest BCUT2D eigenvalue weighted by atomic mass is 10.1. The van der Waals surface area contributed by atoms with Crippen LogP contribution in [0, 0.1) is 10.1 Å². The molecule has 0 saturated carbocycles. The number of piperazine rings is 1. The van der Waals surface area contributed by atoms with Crippen LogP contribution in [0.25, 0.3) is 0 Å². The maximum Gasteiger partial charge on any atom is 0.353 e. The monoisotopic (exact) mass is 358 g/mol. The molecule has 1 aromatic carbocycles. The lowest BCUT2D eigenvalue weighted by Gasteiger charge is -2.32. The molecule has 1 aliphatic rings. The molecule has 0 aliphatic carbocycles. The Hall–Kier alpha value is -2.94. The van der Waals surface area contributed by atoms with Crippen LogP contribution in [0.5, 0.6) is 5.75 Å². The van der Waals surface area contributed by atoms with E-state index in [1.807, 2.05) is 24.1 Å². The van der Waals surface area contributed by atoms with Crippen LogP contribution in [0.2, 0.25) is 0 Å². The van der Waals surface area contributed by atoms with Gasteiger partial charge in [-0.25, -0.2) is 9.97 Å². The molecule has 3 rings (SSSR count). The van der Waals surface area contributed by atoms with Gasteiger partial charge in [0.1, 0.15) is 12.1 Å². The summed E-state index contributed by atoms with van der Waals surface area (Å²) in [4.78, 5) is 23.6. The number of hydrogen-bond donors (Lipinski definition) is 2. The van der Waals surface area contributed by atoms with Crippen LogP contribution in [-0.2, 0) is 6.42 Å². The Morgan fingerprint density at radius 2 is 1.88 bits per heavy atom. The van der Waals surface area contributed by atoms with E-state index in [0.717, 1.165) is 18.7 Å². The second-order valence-corrected chi connectivity index (χ2v) is 6.29. The third kappa shape index (κ3) is 4.17. The summed E-state index contributed by atoms with van der Waals surface area (Å²) in [5, 5.41) is 24.0. The number of phenolic OH excluding ortho intramolecular Hbond substituents is 1. The molecule has 26 heavy (non-hydrogen) atoms. The summed E-state index contributed by atoms with van der Waals surface area (Å²) in [5.74, 6) is 0.813. The molecule has 2 aromatic rings. The summed E-state index contributed by atoms with van der Waals surface area (Å²) >= 11 is 0. The van der Waals surface area contributed by atoms with Crippen molar-refractivity contribution in [3.63, 3.8) is 0 Å². The second-order valence-electron chi connectivity index (χ2n) is 6.29. The Labute approximate surface area is 151 Å². The van der Waals surface area contributed by atoms with Crippen molar-refractivity contribution in [1.82, 2.24) is 14.9 Å². The van der Waals surface area contributed by atoms with Crippen LogP contribution >= 0.6 is 0 Å². The first kappa shape index (κ1) is 17.9. The molecular weight excluding hydrogens is 336 g/mol. The quantitative estimate of drug-likeness (QED) is 0.591. The van der Waals surface area contributed by atoms with E-state index in [4.69, 9.17) is 0 Å². The van der Waals surface area contributed by atoms with Gasteiger partial charge in [0.15, 0.2) is 0 Å². The van der Waals surface area contributed by atoms with Crippen molar-refractivity contribution in [1.29, 1.82) is 0 Å². The maximum atomic E-state index is 11.6. The van der Waals surface area contributed by atoms with E-state index in [1.165, 1.54) is 6.33 Å². The molecule has 0 radical (unpaired) electrons. The van der Waals surface area contributed by atoms with E-state index in [1.54, 1.807) is 12.1 Å². The van der Waals surface area contributed by atoms with Crippen molar-refractivity contribution >= 4 is 17.3 Å². The molecule has 0 spiro atoms. The minimum absolute atomic E-state index is 0.0808. The lowest BCUT2D eigenvalue weighted by Crippen LogP contribution is -2.45. The van der Waals surface area contributed by atoms with E-state index in [9.17, 15) is 15.2 Å². The first-order valence-corrected chi connectivity index (χ1v) is 8.49. The van der Waals surface area contributed by atoms with Crippen LogP contribution in [0.1, 0.15) is 5.56 Å². The van der Waals surface area contributed by atoms with E-state index < -0.39 is 4.92 Å². The van der Waals surface area contributed by atoms with Crippen molar-refractivity contribution in [2.24, 2.45) is 0 Å². The fourth-order valence-electron chi connectivity index (χ4n) is 2.90. The Balaban J connectivity index is 1.73. The molecule has 1 aromatic heterocycles. The van der Waals surface area contributed by atoms with Gasteiger partial charge >= 0.3 is 5.69 Å². The number of aromatic hydroxyl groups is 1. The van der Waals surface area contributed by atoms with Crippen molar-refractivity contribution in [2.75, 3.05) is 50.0 Å². The molecule has 2 heterocycles. The number of rotatable bonds is 6. The van der Waals surface area contributed by atoms with Crippen LogP contribution in [-0.4, -0.2) is 64.7 Å². The Kier molecular flexibility index (Phi) is 5.47. The smallest absolute Gasteiger partial charge is 0.353 e. The predicted molar refractivity (Wildman–Crippen MR) is 98.7 cm³/mol. The van der Waals surface area contributed by atoms with Gasteiger partial charge in [-0.2, -0.15) is 0 Å². The number of phenols is 1. The van der Waals surface area contributed by atoms with Gasteiger partial charge in [-0.1, -0.05) is 12.1 Å². The molecule has 9 nitrogen and oxygen atoms in total. The highest BCUT2D eigenvalue weighted by atomic mass is 16.6. The molecule has 0 unspecified atom stereocenters. The van der Waals surface area contributed by atoms with E-state index in [-0.39, 0.29) is 17.3 Å². The molecule has 9 heteroatoms. The van der Waals surface area contributed by atoms with Crippen molar-refractivity contribution in [3.05, 3.63) is 46.3 Å². The van der Waals surface area contributed by atoms with Gasteiger partial charge in [-0.05, 0) is 31.2 Å². The van der Waals surface area contributed by atoms with Crippen molar-refractivity contribution < 1.29 is 10.0 Å². The number of nitrogens with one attached hydrogen (secondary N) is 1. The average molecular weight is 358 g/mol. The number of nitrogens with zero attached hydrogens (tertiary/aromatic N) is 5. The molecule has 1 aliphatic heterocycles. The van der Waals surface area contributed by atoms with Gasteiger partial charge in [-0.15, -0.1) is 0 Å². The summed E-state index contributed by atoms with van der Waals surface area (Å²) in [6.45, 7) is 3.56. The van der Waals surface area contributed by atoms with Gasteiger partial charge in [0.25, 0.3) is 0 Å². The predicted octanol–water partition coefficient (Wildman–Crippen LogP) is 1.50. The number of likely N-dealkylation sites (N-methyl/N-ethyl adjacent to an activating group) is 1. The van der Waals surface area contributed by atoms with Gasteiger partial charge in [0.05, 0.1) is 4.92 Å². The van der Waals surface area contributed by atoms with Crippen LogP contribution < -0.4 is 10.2 Å². The number of nitro groups is 1. The lowest BCUT2D eigenvalue weighted by molar-refractivity contribution is -0.383. The SMILES string of the molecule is CN1CCN(c2ncnc(NCCc3ccc(O)cc3)c2[N+](=O)[O-])CC1. The van der Waals surface area contributed by atoms with E-state index in [2.05, 4.69) is 20.2 Å². The Morgan fingerprint density at radius 1 is 1.19 bits per heavy atom. The van der Waals surface area contributed by atoms with Gasteiger partial charge in [-0.3, -0.25) is 10.1 Å². The molecular formula is C17H22N6O3. The van der Waals surface area contributed by atoms with E-state index in [0.29, 0.717) is 31.9 Å². The average Bonchev–Trinajstić information content (AvgIpc) is 2.63. The second kappa shape index (κ2) is 7.96. The van der Waals surface area contributed by atoms with Gasteiger partial charge in [0.2, 0.25) is 11.6 Å². The zero-order chi connectivity index (χ0) is 18.5. The molecule has 1 saturated heterocycles.